The molecule has 16 heavy (non-hydrogen) atoms. The fourth-order valence-electron chi connectivity index (χ4n) is 1.34. The summed E-state index contributed by atoms with van der Waals surface area (Å²) >= 11 is 0. The summed E-state index contributed by atoms with van der Waals surface area (Å²) in [7, 11) is 0. The number of hydrogen-bond donors (Lipinski definition) is 3. The first-order valence-electron chi connectivity index (χ1n) is 5.11. The Morgan fingerprint density at radius 3 is 2.94 bits per heavy atom. The maximum atomic E-state index is 10.3. The molecule has 5 nitrogen and oxygen atoms in total. The number of carbonyl (C=O) groups is 1. The van der Waals surface area contributed by atoms with Crippen molar-refractivity contribution in [1.82, 2.24) is 10.3 Å². The van der Waals surface area contributed by atoms with Gasteiger partial charge in [0.1, 0.15) is 0 Å². The second kappa shape index (κ2) is 6.19. The normalized spacial score (nSPS) is 12.4. The lowest BCUT2D eigenvalue weighted by atomic mass is 10.2. The van der Waals surface area contributed by atoms with Crippen molar-refractivity contribution < 1.29 is 15.0 Å². The molecule has 0 saturated carbocycles. The SMILES string of the molecule is Cc1cccc(CNCC(O)CC(=O)O)n1. The molecule has 1 aromatic rings. The second-order valence-electron chi connectivity index (χ2n) is 3.65. The van der Waals surface area contributed by atoms with Crippen molar-refractivity contribution in [2.24, 2.45) is 0 Å². The monoisotopic (exact) mass is 224 g/mol. The topological polar surface area (TPSA) is 82.5 Å². The lowest BCUT2D eigenvalue weighted by Gasteiger charge is -2.09. The van der Waals surface area contributed by atoms with Crippen LogP contribution in [0.15, 0.2) is 18.2 Å². The number of pyridine rings is 1. The van der Waals surface area contributed by atoms with Gasteiger partial charge in [-0.3, -0.25) is 9.78 Å². The van der Waals surface area contributed by atoms with E-state index in [1.165, 1.54) is 0 Å². The first kappa shape index (κ1) is 12.6. The van der Waals surface area contributed by atoms with E-state index in [1.807, 2.05) is 25.1 Å². The smallest absolute Gasteiger partial charge is 0.306 e. The van der Waals surface area contributed by atoms with Crippen LogP contribution in [0.4, 0.5) is 0 Å². The van der Waals surface area contributed by atoms with Gasteiger partial charge in [-0.2, -0.15) is 0 Å². The number of aliphatic carboxylic acids is 1. The van der Waals surface area contributed by atoms with E-state index in [0.717, 1.165) is 11.4 Å². The summed E-state index contributed by atoms with van der Waals surface area (Å²) in [5.74, 6) is -0.997. The van der Waals surface area contributed by atoms with Crippen LogP contribution in [0.25, 0.3) is 0 Å². The number of rotatable bonds is 6. The molecule has 1 rings (SSSR count). The molecule has 0 aliphatic carbocycles. The lowest BCUT2D eigenvalue weighted by molar-refractivity contribution is -0.139. The van der Waals surface area contributed by atoms with Gasteiger partial charge in [0.15, 0.2) is 0 Å². The maximum absolute atomic E-state index is 10.3. The number of nitrogens with zero attached hydrogens (tertiary/aromatic N) is 1. The average molecular weight is 224 g/mol. The number of carboxylic acids is 1. The number of nitrogens with one attached hydrogen (secondary N) is 1. The third-order valence-corrected chi connectivity index (χ3v) is 2.04. The van der Waals surface area contributed by atoms with E-state index in [2.05, 4.69) is 10.3 Å². The molecule has 5 heteroatoms. The van der Waals surface area contributed by atoms with E-state index in [-0.39, 0.29) is 13.0 Å². The first-order chi connectivity index (χ1) is 7.58. The Morgan fingerprint density at radius 1 is 1.56 bits per heavy atom. The molecule has 0 radical (unpaired) electrons. The van der Waals surface area contributed by atoms with Crippen LogP contribution in [0.1, 0.15) is 17.8 Å². The molecule has 0 amide bonds. The quantitative estimate of drug-likeness (QED) is 0.648. The van der Waals surface area contributed by atoms with Gasteiger partial charge in [-0.1, -0.05) is 6.07 Å². The van der Waals surface area contributed by atoms with Gasteiger partial charge in [0.25, 0.3) is 0 Å². The lowest BCUT2D eigenvalue weighted by Crippen LogP contribution is -2.28. The minimum Gasteiger partial charge on any atom is -0.481 e. The zero-order chi connectivity index (χ0) is 12.0. The molecule has 0 fully saturated rings. The van der Waals surface area contributed by atoms with Crippen LogP contribution >= 0.6 is 0 Å². The fraction of sp³-hybridized carbons (Fsp3) is 0.455. The van der Waals surface area contributed by atoms with Crippen molar-refractivity contribution in [3.05, 3.63) is 29.6 Å². The third kappa shape index (κ3) is 4.86. The molecule has 1 unspecified atom stereocenters. The molecule has 0 spiro atoms. The largest absolute Gasteiger partial charge is 0.481 e. The number of aryl methyl sites for hydroxylation is 1. The highest BCUT2D eigenvalue weighted by molar-refractivity contribution is 5.67. The van der Waals surface area contributed by atoms with Crippen molar-refractivity contribution in [3.63, 3.8) is 0 Å². The third-order valence-electron chi connectivity index (χ3n) is 2.04. The van der Waals surface area contributed by atoms with Gasteiger partial charge in [-0.05, 0) is 19.1 Å². The van der Waals surface area contributed by atoms with E-state index in [0.29, 0.717) is 6.54 Å². The summed E-state index contributed by atoms with van der Waals surface area (Å²) < 4.78 is 0. The van der Waals surface area contributed by atoms with Crippen molar-refractivity contribution in [2.45, 2.75) is 26.0 Å². The zero-order valence-electron chi connectivity index (χ0n) is 9.18. The van der Waals surface area contributed by atoms with Crippen LogP contribution in [0, 0.1) is 6.92 Å². The molecule has 3 N–H and O–H groups in total. The van der Waals surface area contributed by atoms with Crippen molar-refractivity contribution >= 4 is 5.97 Å². The average Bonchev–Trinajstić information content (AvgIpc) is 2.16. The minimum atomic E-state index is -0.997. The first-order valence-corrected chi connectivity index (χ1v) is 5.11. The summed E-state index contributed by atoms with van der Waals surface area (Å²) in [4.78, 5) is 14.6. The highest BCUT2D eigenvalue weighted by Crippen LogP contribution is 1.97. The van der Waals surface area contributed by atoms with Gasteiger partial charge in [-0.25, -0.2) is 0 Å². The maximum Gasteiger partial charge on any atom is 0.306 e. The summed E-state index contributed by atoms with van der Waals surface area (Å²) in [6.45, 7) is 2.68. The summed E-state index contributed by atoms with van der Waals surface area (Å²) in [5, 5.41) is 20.7. The molecule has 0 bridgehead atoms. The highest BCUT2D eigenvalue weighted by Gasteiger charge is 2.08. The van der Waals surface area contributed by atoms with Gasteiger partial charge in [0.05, 0.1) is 18.2 Å². The molecule has 88 valence electrons. The molecule has 1 heterocycles. The Balaban J connectivity index is 2.27. The van der Waals surface area contributed by atoms with E-state index >= 15 is 0 Å². The molecule has 0 aliphatic heterocycles. The standard InChI is InChI=1S/C11H16N2O3/c1-8-3-2-4-9(13-8)6-12-7-10(14)5-11(15)16/h2-4,10,12,14H,5-7H2,1H3,(H,15,16). The fourth-order valence-corrected chi connectivity index (χ4v) is 1.34. The Hall–Kier alpha value is -1.46. The van der Waals surface area contributed by atoms with Crippen LogP contribution in [-0.4, -0.2) is 33.8 Å². The van der Waals surface area contributed by atoms with Crippen molar-refractivity contribution in [2.75, 3.05) is 6.54 Å². The molecule has 0 aromatic carbocycles. The van der Waals surface area contributed by atoms with Crippen LogP contribution < -0.4 is 5.32 Å². The number of hydrogen-bond acceptors (Lipinski definition) is 4. The van der Waals surface area contributed by atoms with Gasteiger partial charge >= 0.3 is 5.97 Å². The second-order valence-corrected chi connectivity index (χ2v) is 3.65. The van der Waals surface area contributed by atoms with E-state index in [9.17, 15) is 9.90 Å². The van der Waals surface area contributed by atoms with Gasteiger partial charge in [0, 0.05) is 18.8 Å². The molecular weight excluding hydrogens is 208 g/mol. The van der Waals surface area contributed by atoms with E-state index in [4.69, 9.17) is 5.11 Å². The number of aliphatic hydroxyl groups is 1. The van der Waals surface area contributed by atoms with Gasteiger partial charge in [0.2, 0.25) is 0 Å². The Bertz CT molecular complexity index is 355. The van der Waals surface area contributed by atoms with Crippen molar-refractivity contribution in [3.8, 4) is 0 Å². The van der Waals surface area contributed by atoms with Gasteiger partial charge in [-0.15, -0.1) is 0 Å². The predicted octanol–water partition coefficient (Wildman–Crippen LogP) is 0.315. The molecule has 0 aliphatic rings. The molecule has 0 saturated heterocycles. The van der Waals surface area contributed by atoms with Crippen LogP contribution in [0.2, 0.25) is 0 Å². The number of aliphatic hydroxyl groups excluding tert-OH is 1. The summed E-state index contributed by atoms with van der Waals surface area (Å²) in [6.07, 6.45) is -1.10. The number of aromatic nitrogens is 1. The van der Waals surface area contributed by atoms with Crippen LogP contribution in [-0.2, 0) is 11.3 Å². The zero-order valence-corrected chi connectivity index (χ0v) is 9.18. The molecule has 1 atom stereocenters. The Kier molecular flexibility index (Phi) is 4.88. The molecular formula is C11H16N2O3. The minimum absolute atomic E-state index is 0.242. The highest BCUT2D eigenvalue weighted by atomic mass is 16.4. The van der Waals surface area contributed by atoms with Crippen LogP contribution in [0.5, 0.6) is 0 Å². The van der Waals surface area contributed by atoms with E-state index < -0.39 is 12.1 Å². The van der Waals surface area contributed by atoms with Gasteiger partial charge < -0.3 is 15.5 Å². The predicted molar refractivity (Wildman–Crippen MR) is 58.9 cm³/mol. The Labute approximate surface area is 94.1 Å². The number of carboxylic acid groups (broad SMARTS) is 1. The van der Waals surface area contributed by atoms with Crippen LogP contribution in [0.3, 0.4) is 0 Å². The van der Waals surface area contributed by atoms with E-state index in [1.54, 1.807) is 0 Å². The Morgan fingerprint density at radius 2 is 2.31 bits per heavy atom. The molecule has 1 aromatic heterocycles. The van der Waals surface area contributed by atoms with Crippen molar-refractivity contribution in [1.29, 1.82) is 0 Å². The summed E-state index contributed by atoms with van der Waals surface area (Å²) in [5.41, 5.74) is 1.81. The summed E-state index contributed by atoms with van der Waals surface area (Å²) in [6, 6.07) is 5.69.